The molecule has 3 heteroatoms. The van der Waals surface area contributed by atoms with Crippen LogP contribution in [0.5, 0.6) is 0 Å². The molecule has 1 aliphatic rings. The van der Waals surface area contributed by atoms with Crippen molar-refractivity contribution in [3.05, 3.63) is 0 Å². The second kappa shape index (κ2) is 6.38. The van der Waals surface area contributed by atoms with Gasteiger partial charge in [0.15, 0.2) is 0 Å². The Morgan fingerprint density at radius 3 is 2.64 bits per heavy atom. The van der Waals surface area contributed by atoms with Crippen LogP contribution in [-0.4, -0.2) is 43.2 Å². The molecular formula is C11H25N3. The third-order valence-electron chi connectivity index (χ3n) is 3.17. The summed E-state index contributed by atoms with van der Waals surface area (Å²) in [4.78, 5) is 2.51. The minimum Gasteiger partial charge on any atom is -0.328 e. The number of piperidine rings is 1. The highest BCUT2D eigenvalue weighted by Crippen LogP contribution is 2.06. The van der Waals surface area contributed by atoms with Crippen LogP contribution < -0.4 is 11.1 Å². The van der Waals surface area contributed by atoms with Gasteiger partial charge >= 0.3 is 0 Å². The van der Waals surface area contributed by atoms with Gasteiger partial charge in [0.1, 0.15) is 0 Å². The molecule has 0 aromatic rings. The Hall–Kier alpha value is -0.120. The van der Waals surface area contributed by atoms with Gasteiger partial charge in [0.05, 0.1) is 0 Å². The maximum Gasteiger partial charge on any atom is 0.0107 e. The molecule has 1 aliphatic heterocycles. The SMILES string of the molecule is CCC(C)NCCN1CCC(N)CC1. The van der Waals surface area contributed by atoms with Crippen molar-refractivity contribution in [2.75, 3.05) is 26.2 Å². The molecule has 1 rings (SSSR count). The zero-order valence-corrected chi connectivity index (χ0v) is 9.63. The topological polar surface area (TPSA) is 41.3 Å². The highest BCUT2D eigenvalue weighted by atomic mass is 15.1. The minimum absolute atomic E-state index is 0.453. The largest absolute Gasteiger partial charge is 0.328 e. The second-order valence-corrected chi connectivity index (χ2v) is 4.44. The van der Waals surface area contributed by atoms with Gasteiger partial charge in [-0.2, -0.15) is 0 Å². The number of likely N-dealkylation sites (tertiary alicyclic amines) is 1. The number of rotatable bonds is 5. The fraction of sp³-hybridized carbons (Fsp3) is 1.00. The lowest BCUT2D eigenvalue weighted by Gasteiger charge is -2.30. The van der Waals surface area contributed by atoms with E-state index in [1.54, 1.807) is 0 Å². The maximum absolute atomic E-state index is 5.85. The van der Waals surface area contributed by atoms with Crippen LogP contribution in [0.15, 0.2) is 0 Å². The molecule has 84 valence electrons. The summed E-state index contributed by atoms with van der Waals surface area (Å²) in [5.74, 6) is 0. The molecule has 0 bridgehead atoms. The Balaban J connectivity index is 2.02. The first-order valence-electron chi connectivity index (χ1n) is 5.93. The van der Waals surface area contributed by atoms with Crippen LogP contribution in [0, 0.1) is 0 Å². The van der Waals surface area contributed by atoms with Gasteiger partial charge in [0.25, 0.3) is 0 Å². The van der Waals surface area contributed by atoms with Crippen molar-refractivity contribution in [3.8, 4) is 0 Å². The molecule has 1 heterocycles. The lowest BCUT2D eigenvalue weighted by molar-refractivity contribution is 0.211. The van der Waals surface area contributed by atoms with E-state index >= 15 is 0 Å². The molecule has 1 fully saturated rings. The third kappa shape index (κ3) is 4.40. The summed E-state index contributed by atoms with van der Waals surface area (Å²) < 4.78 is 0. The molecule has 1 saturated heterocycles. The molecule has 14 heavy (non-hydrogen) atoms. The Morgan fingerprint density at radius 1 is 1.43 bits per heavy atom. The highest BCUT2D eigenvalue weighted by molar-refractivity contribution is 4.74. The molecule has 0 aliphatic carbocycles. The standard InChI is InChI=1S/C11H25N3/c1-3-10(2)13-6-9-14-7-4-11(12)5-8-14/h10-11,13H,3-9,12H2,1-2H3. The minimum atomic E-state index is 0.453. The maximum atomic E-state index is 5.85. The van der Waals surface area contributed by atoms with Crippen LogP contribution in [0.3, 0.4) is 0 Å². The van der Waals surface area contributed by atoms with Crippen molar-refractivity contribution in [1.82, 2.24) is 10.2 Å². The van der Waals surface area contributed by atoms with E-state index in [2.05, 4.69) is 24.1 Å². The fourth-order valence-electron chi connectivity index (χ4n) is 1.79. The molecule has 0 aromatic heterocycles. The number of nitrogens with one attached hydrogen (secondary N) is 1. The molecule has 0 radical (unpaired) electrons. The number of hydrogen-bond acceptors (Lipinski definition) is 3. The highest BCUT2D eigenvalue weighted by Gasteiger charge is 2.15. The zero-order valence-electron chi connectivity index (χ0n) is 9.63. The van der Waals surface area contributed by atoms with Crippen molar-refractivity contribution < 1.29 is 0 Å². The molecule has 0 saturated carbocycles. The van der Waals surface area contributed by atoms with Gasteiger partial charge in [-0.05, 0) is 39.3 Å². The average Bonchev–Trinajstić information content (AvgIpc) is 2.21. The van der Waals surface area contributed by atoms with Crippen LogP contribution >= 0.6 is 0 Å². The number of nitrogens with two attached hydrogens (primary N) is 1. The van der Waals surface area contributed by atoms with Crippen molar-refractivity contribution in [1.29, 1.82) is 0 Å². The Kier molecular flexibility index (Phi) is 5.45. The first kappa shape index (κ1) is 12.0. The van der Waals surface area contributed by atoms with Crippen LogP contribution in [0.25, 0.3) is 0 Å². The molecule has 0 amide bonds. The van der Waals surface area contributed by atoms with Crippen molar-refractivity contribution in [2.45, 2.75) is 45.2 Å². The second-order valence-electron chi connectivity index (χ2n) is 4.44. The zero-order chi connectivity index (χ0) is 10.4. The lowest BCUT2D eigenvalue weighted by Crippen LogP contribution is -2.43. The quantitative estimate of drug-likeness (QED) is 0.688. The number of nitrogens with zero attached hydrogens (tertiary/aromatic N) is 1. The van der Waals surface area contributed by atoms with Crippen molar-refractivity contribution >= 4 is 0 Å². The lowest BCUT2D eigenvalue weighted by atomic mass is 10.1. The molecule has 1 unspecified atom stereocenters. The molecule has 1 atom stereocenters. The molecule has 0 spiro atoms. The van der Waals surface area contributed by atoms with Gasteiger partial charge < -0.3 is 16.0 Å². The van der Waals surface area contributed by atoms with E-state index < -0.39 is 0 Å². The monoisotopic (exact) mass is 199 g/mol. The van der Waals surface area contributed by atoms with Crippen LogP contribution in [0.1, 0.15) is 33.1 Å². The summed E-state index contributed by atoms with van der Waals surface area (Å²) >= 11 is 0. The predicted octanol–water partition coefficient (Wildman–Crippen LogP) is 0.798. The summed E-state index contributed by atoms with van der Waals surface area (Å²) in [5, 5.41) is 3.52. The molecule has 3 N–H and O–H groups in total. The van der Waals surface area contributed by atoms with E-state index in [0.717, 1.165) is 6.54 Å². The Labute approximate surface area is 88.0 Å². The van der Waals surface area contributed by atoms with Gasteiger partial charge in [-0.25, -0.2) is 0 Å². The predicted molar refractivity (Wildman–Crippen MR) is 61.4 cm³/mol. The van der Waals surface area contributed by atoms with Gasteiger partial charge in [-0.15, -0.1) is 0 Å². The number of hydrogen-bond donors (Lipinski definition) is 2. The van der Waals surface area contributed by atoms with Gasteiger partial charge in [0, 0.05) is 25.2 Å². The normalized spacial score (nSPS) is 22.5. The molecule has 0 aromatic carbocycles. The van der Waals surface area contributed by atoms with Gasteiger partial charge in [-0.1, -0.05) is 6.92 Å². The molecular weight excluding hydrogens is 174 g/mol. The van der Waals surface area contributed by atoms with Crippen LogP contribution in [0.2, 0.25) is 0 Å². The first-order valence-corrected chi connectivity index (χ1v) is 5.93. The third-order valence-corrected chi connectivity index (χ3v) is 3.17. The van der Waals surface area contributed by atoms with Crippen molar-refractivity contribution in [2.24, 2.45) is 5.73 Å². The van der Waals surface area contributed by atoms with Gasteiger partial charge in [0.2, 0.25) is 0 Å². The van der Waals surface area contributed by atoms with Gasteiger partial charge in [-0.3, -0.25) is 0 Å². The summed E-state index contributed by atoms with van der Waals surface area (Å²) in [6.45, 7) is 9.12. The average molecular weight is 199 g/mol. The van der Waals surface area contributed by atoms with E-state index in [4.69, 9.17) is 5.73 Å². The van der Waals surface area contributed by atoms with E-state index in [1.807, 2.05) is 0 Å². The van der Waals surface area contributed by atoms with E-state index in [0.29, 0.717) is 12.1 Å². The molecule has 3 nitrogen and oxygen atoms in total. The summed E-state index contributed by atoms with van der Waals surface area (Å²) in [6, 6.07) is 1.11. The Morgan fingerprint density at radius 2 is 2.07 bits per heavy atom. The van der Waals surface area contributed by atoms with Crippen LogP contribution in [0.4, 0.5) is 0 Å². The summed E-state index contributed by atoms with van der Waals surface area (Å²) in [5.41, 5.74) is 5.85. The Bertz CT molecular complexity index is 141. The fourth-order valence-corrected chi connectivity index (χ4v) is 1.79. The van der Waals surface area contributed by atoms with E-state index in [-0.39, 0.29) is 0 Å². The van der Waals surface area contributed by atoms with Crippen LogP contribution in [-0.2, 0) is 0 Å². The van der Waals surface area contributed by atoms with Crippen molar-refractivity contribution in [3.63, 3.8) is 0 Å². The summed E-state index contributed by atoms with van der Waals surface area (Å²) in [7, 11) is 0. The van der Waals surface area contributed by atoms with E-state index in [1.165, 1.54) is 38.9 Å². The van der Waals surface area contributed by atoms with E-state index in [9.17, 15) is 0 Å². The summed E-state index contributed by atoms with van der Waals surface area (Å²) in [6.07, 6.45) is 3.55. The smallest absolute Gasteiger partial charge is 0.0107 e. The first-order chi connectivity index (χ1) is 6.72.